The summed E-state index contributed by atoms with van der Waals surface area (Å²) in [6, 6.07) is 3.24. The summed E-state index contributed by atoms with van der Waals surface area (Å²) in [7, 11) is -8.49. The van der Waals surface area contributed by atoms with E-state index in [2.05, 4.69) is 10.2 Å². The molecular formula is C18H26Cl2N2O7P2. The van der Waals surface area contributed by atoms with Gasteiger partial charge in [-0.1, -0.05) is 23.2 Å². The van der Waals surface area contributed by atoms with Crippen LogP contribution in [0.1, 0.15) is 44.5 Å². The summed E-state index contributed by atoms with van der Waals surface area (Å²) in [6.45, 7) is 6.34. The number of ketones is 1. The standard InChI is InChI=1S/C18H26Cl2N2O7P2/c1-5-26-30(24,27-6-2)18(31(25,28-7-3)29-8-4)12-16(21-22-18)17(23)14-10-9-13(19)11-15(14)20/h9-11,16H,5-8,12H2,1-4H3. The Bertz CT molecular complexity index is 878. The number of nitrogens with zero attached hydrogens (tertiary/aromatic N) is 2. The van der Waals surface area contributed by atoms with Crippen molar-refractivity contribution in [3.05, 3.63) is 33.8 Å². The topological polar surface area (TPSA) is 113 Å². The molecule has 174 valence electrons. The van der Waals surface area contributed by atoms with Gasteiger partial charge in [0.15, 0.2) is 5.78 Å². The maximum Gasteiger partial charge on any atom is 0.372 e. The van der Waals surface area contributed by atoms with Crippen LogP contribution >= 0.6 is 38.4 Å². The predicted octanol–water partition coefficient (Wildman–Crippen LogP) is 6.59. The van der Waals surface area contributed by atoms with Crippen LogP contribution in [0.25, 0.3) is 0 Å². The molecule has 0 fully saturated rings. The highest BCUT2D eigenvalue weighted by Crippen LogP contribution is 2.81. The van der Waals surface area contributed by atoms with Crippen molar-refractivity contribution >= 4 is 44.2 Å². The number of azo groups is 1. The fourth-order valence-electron chi connectivity index (χ4n) is 3.17. The smallest absolute Gasteiger partial charge is 0.307 e. The lowest BCUT2D eigenvalue weighted by molar-refractivity contribution is 0.0960. The first-order valence-corrected chi connectivity index (χ1v) is 13.7. The van der Waals surface area contributed by atoms with E-state index in [4.69, 9.17) is 41.3 Å². The average molecular weight is 515 g/mol. The molecule has 0 aliphatic carbocycles. The van der Waals surface area contributed by atoms with Crippen LogP contribution in [0.5, 0.6) is 0 Å². The van der Waals surface area contributed by atoms with Crippen LogP contribution in [0.2, 0.25) is 10.0 Å². The molecule has 31 heavy (non-hydrogen) atoms. The minimum atomic E-state index is -4.25. The molecule has 1 unspecified atom stereocenters. The van der Waals surface area contributed by atoms with Gasteiger partial charge in [0, 0.05) is 17.0 Å². The Labute approximate surface area is 191 Å². The molecule has 9 nitrogen and oxygen atoms in total. The number of rotatable bonds is 12. The molecule has 0 saturated heterocycles. The van der Waals surface area contributed by atoms with Gasteiger partial charge in [0.1, 0.15) is 6.04 Å². The number of hydrogen-bond acceptors (Lipinski definition) is 9. The Hall–Kier alpha value is -0.630. The van der Waals surface area contributed by atoms with Crippen LogP contribution in [0.15, 0.2) is 28.4 Å². The lowest BCUT2D eigenvalue weighted by atomic mass is 10.0. The van der Waals surface area contributed by atoms with Crippen LogP contribution < -0.4 is 0 Å². The monoisotopic (exact) mass is 514 g/mol. The molecule has 0 N–H and O–H groups in total. The molecule has 0 radical (unpaired) electrons. The third-order valence-electron chi connectivity index (χ3n) is 4.40. The fourth-order valence-corrected chi connectivity index (χ4v) is 9.01. The number of carbonyl (C=O) groups is 1. The molecule has 1 atom stereocenters. The fraction of sp³-hybridized carbons (Fsp3) is 0.611. The second-order valence-electron chi connectivity index (χ2n) is 6.36. The molecule has 1 aliphatic heterocycles. The quantitative estimate of drug-likeness (QED) is 0.228. The van der Waals surface area contributed by atoms with Crippen LogP contribution in [0.4, 0.5) is 0 Å². The number of Topliss-reactive ketones (excluding diaryl/α,β-unsaturated/α-hetero) is 1. The van der Waals surface area contributed by atoms with Crippen molar-refractivity contribution in [2.45, 2.75) is 45.2 Å². The molecule has 0 saturated carbocycles. The van der Waals surface area contributed by atoms with E-state index in [1.165, 1.54) is 18.2 Å². The van der Waals surface area contributed by atoms with Gasteiger partial charge in [-0.2, -0.15) is 10.2 Å². The van der Waals surface area contributed by atoms with Gasteiger partial charge in [-0.05, 0) is 45.9 Å². The summed E-state index contributed by atoms with van der Waals surface area (Å²) in [4.78, 5) is 13.1. The van der Waals surface area contributed by atoms with Crippen LogP contribution in [-0.4, -0.2) is 43.3 Å². The van der Waals surface area contributed by atoms with Crippen molar-refractivity contribution < 1.29 is 32.0 Å². The van der Waals surface area contributed by atoms with Gasteiger partial charge in [-0.3, -0.25) is 13.9 Å². The number of benzene rings is 1. The van der Waals surface area contributed by atoms with Gasteiger partial charge >= 0.3 is 15.2 Å². The molecule has 1 aromatic rings. The maximum absolute atomic E-state index is 13.9. The van der Waals surface area contributed by atoms with E-state index < -0.39 is 32.0 Å². The van der Waals surface area contributed by atoms with Crippen molar-refractivity contribution in [1.29, 1.82) is 0 Å². The zero-order valence-electron chi connectivity index (χ0n) is 17.7. The van der Waals surface area contributed by atoms with E-state index in [9.17, 15) is 13.9 Å². The van der Waals surface area contributed by atoms with E-state index in [-0.39, 0.29) is 43.4 Å². The van der Waals surface area contributed by atoms with Gasteiger partial charge < -0.3 is 18.1 Å². The lowest BCUT2D eigenvalue weighted by Crippen LogP contribution is -2.33. The average Bonchev–Trinajstić information content (AvgIpc) is 3.16. The van der Waals surface area contributed by atoms with E-state index in [1.54, 1.807) is 27.7 Å². The highest BCUT2D eigenvalue weighted by molar-refractivity contribution is 7.74. The van der Waals surface area contributed by atoms with Crippen molar-refractivity contribution in [3.8, 4) is 0 Å². The Kier molecular flexibility index (Phi) is 9.44. The second kappa shape index (κ2) is 11.0. The van der Waals surface area contributed by atoms with Crippen LogP contribution in [-0.2, 0) is 27.2 Å². The summed E-state index contributed by atoms with van der Waals surface area (Å²) in [5.41, 5.74) is 0.149. The molecule has 0 aromatic heterocycles. The zero-order chi connectivity index (χ0) is 23.3. The first-order valence-electron chi connectivity index (χ1n) is 9.83. The molecule has 1 heterocycles. The van der Waals surface area contributed by atoms with E-state index in [0.29, 0.717) is 5.02 Å². The minimum absolute atomic E-state index is 0.0194. The summed E-state index contributed by atoms with van der Waals surface area (Å²) in [6.07, 6.45) is -0.362. The van der Waals surface area contributed by atoms with E-state index in [1.807, 2.05) is 0 Å². The largest absolute Gasteiger partial charge is 0.372 e. The highest BCUT2D eigenvalue weighted by atomic mass is 35.5. The van der Waals surface area contributed by atoms with Gasteiger partial charge in [-0.25, -0.2) is 0 Å². The molecule has 13 heteroatoms. The molecule has 0 amide bonds. The Morgan fingerprint density at radius 2 is 1.48 bits per heavy atom. The number of halogens is 2. The van der Waals surface area contributed by atoms with Crippen LogP contribution in [0.3, 0.4) is 0 Å². The summed E-state index contributed by atoms with van der Waals surface area (Å²) >= 11 is 12.1. The third-order valence-corrected chi connectivity index (χ3v) is 11.1. The lowest BCUT2D eigenvalue weighted by Gasteiger charge is -2.36. The van der Waals surface area contributed by atoms with Crippen LogP contribution in [0, 0.1) is 0 Å². The number of carbonyl (C=O) groups excluding carboxylic acids is 1. The molecular weight excluding hydrogens is 489 g/mol. The van der Waals surface area contributed by atoms with Crippen molar-refractivity contribution in [2.75, 3.05) is 26.4 Å². The normalized spacial score (nSPS) is 18.5. The van der Waals surface area contributed by atoms with E-state index >= 15 is 0 Å². The van der Waals surface area contributed by atoms with Crippen molar-refractivity contribution in [3.63, 3.8) is 0 Å². The summed E-state index contributed by atoms with van der Waals surface area (Å²) in [5, 5.41) is 6.44. The van der Waals surface area contributed by atoms with Crippen molar-refractivity contribution in [1.82, 2.24) is 0 Å². The molecule has 0 bridgehead atoms. The molecule has 2 rings (SSSR count). The van der Waals surface area contributed by atoms with E-state index in [0.717, 1.165) is 0 Å². The zero-order valence-corrected chi connectivity index (χ0v) is 21.0. The number of hydrogen-bond donors (Lipinski definition) is 0. The van der Waals surface area contributed by atoms with Gasteiger partial charge in [-0.15, -0.1) is 0 Å². The van der Waals surface area contributed by atoms with Crippen molar-refractivity contribution in [2.24, 2.45) is 10.2 Å². The Morgan fingerprint density at radius 1 is 1.00 bits per heavy atom. The summed E-state index contributed by atoms with van der Waals surface area (Å²) in [5.74, 6) is -0.508. The SMILES string of the molecule is CCOP(=O)(OCC)C1(P(=O)(OCC)OCC)CC(C(=O)c2ccc(Cl)cc2Cl)N=N1. The molecule has 1 aliphatic rings. The Balaban J connectivity index is 2.58. The second-order valence-corrected chi connectivity index (χ2v) is 12.1. The summed E-state index contributed by atoms with van der Waals surface area (Å²) < 4.78 is 49.6. The van der Waals surface area contributed by atoms with Gasteiger partial charge in [0.25, 0.3) is 5.02 Å². The van der Waals surface area contributed by atoms with Gasteiger partial charge in [0.2, 0.25) is 0 Å². The van der Waals surface area contributed by atoms with Gasteiger partial charge in [0.05, 0.1) is 31.5 Å². The molecule has 1 aromatic carbocycles. The third kappa shape index (κ3) is 5.15. The maximum atomic E-state index is 13.9. The minimum Gasteiger partial charge on any atom is -0.307 e. The highest BCUT2D eigenvalue weighted by Gasteiger charge is 2.69. The Morgan fingerprint density at radius 3 is 1.90 bits per heavy atom. The predicted molar refractivity (Wildman–Crippen MR) is 119 cm³/mol. The molecule has 0 spiro atoms. The first kappa shape index (κ1) is 26.6. The first-order chi connectivity index (χ1) is 14.6.